The van der Waals surface area contributed by atoms with Gasteiger partial charge in [0.2, 0.25) is 5.95 Å². The Labute approximate surface area is 147 Å². The van der Waals surface area contributed by atoms with Gasteiger partial charge < -0.3 is 35.2 Å². The van der Waals surface area contributed by atoms with Gasteiger partial charge in [0.05, 0.1) is 6.67 Å². The second kappa shape index (κ2) is 7.75. The van der Waals surface area contributed by atoms with Crippen molar-refractivity contribution in [2.75, 3.05) is 36.1 Å². The van der Waals surface area contributed by atoms with Gasteiger partial charge in [-0.3, -0.25) is 14.3 Å². The summed E-state index contributed by atoms with van der Waals surface area (Å²) in [4.78, 5) is 37.2. The molecule has 1 aromatic heterocycles. The van der Waals surface area contributed by atoms with Crippen molar-refractivity contribution in [2.24, 2.45) is 0 Å². The molecule has 0 saturated heterocycles. The number of nitrogens with two attached hydrogens (primary N) is 1. The van der Waals surface area contributed by atoms with Gasteiger partial charge in [-0.25, -0.2) is 0 Å². The molecule has 0 radical (unpaired) electrons. The van der Waals surface area contributed by atoms with Gasteiger partial charge in [0.15, 0.2) is 11.7 Å². The van der Waals surface area contributed by atoms with Crippen molar-refractivity contribution >= 4 is 54.6 Å². The van der Waals surface area contributed by atoms with Crippen LogP contribution < -0.4 is 21.5 Å². The number of H-pyrrole nitrogens is 1. The topological polar surface area (TPSA) is 163 Å². The molecular formula is C9H17N5NaO6P. The zero-order valence-corrected chi connectivity index (χ0v) is 12.0. The van der Waals surface area contributed by atoms with Crippen LogP contribution in [-0.2, 0) is 14.0 Å². The van der Waals surface area contributed by atoms with Crippen LogP contribution in [0.2, 0.25) is 0 Å². The molecule has 22 heavy (non-hydrogen) atoms. The van der Waals surface area contributed by atoms with Gasteiger partial charge in [-0.05, 0) is 6.92 Å². The summed E-state index contributed by atoms with van der Waals surface area (Å²) < 4.78 is 20.9. The third-order valence-electron chi connectivity index (χ3n) is 2.78. The average Bonchev–Trinajstić information content (AvgIpc) is 2.76. The Morgan fingerprint density at radius 3 is 2.86 bits per heavy atom. The first-order valence-electron chi connectivity index (χ1n) is 5.92. The van der Waals surface area contributed by atoms with Crippen LogP contribution in [0.25, 0.3) is 0 Å². The summed E-state index contributed by atoms with van der Waals surface area (Å²) in [5.74, 6) is -0.920. The minimum absolute atomic E-state index is 0. The van der Waals surface area contributed by atoms with E-state index in [1.54, 1.807) is 4.90 Å². The van der Waals surface area contributed by atoms with Gasteiger partial charge in [-0.15, -0.1) is 0 Å². The number of hydrogen-bond donors (Lipinski definition) is 5. The fourth-order valence-corrected chi connectivity index (χ4v) is 1.87. The SMILES string of the molecule is CC(OCOCN1CNc2c1nc(N)[nH]c2=O)P(=O)(O)O.[NaH]. The minimum atomic E-state index is -4.29. The van der Waals surface area contributed by atoms with Crippen molar-refractivity contribution in [3.05, 3.63) is 10.4 Å². The van der Waals surface area contributed by atoms with E-state index in [-0.39, 0.29) is 60.3 Å². The van der Waals surface area contributed by atoms with Crippen LogP contribution in [0.3, 0.4) is 0 Å². The van der Waals surface area contributed by atoms with Gasteiger partial charge in [-0.2, -0.15) is 4.98 Å². The van der Waals surface area contributed by atoms with E-state index in [4.69, 9.17) is 25.0 Å². The summed E-state index contributed by atoms with van der Waals surface area (Å²) in [7, 11) is -4.29. The van der Waals surface area contributed by atoms with E-state index in [2.05, 4.69) is 15.3 Å². The van der Waals surface area contributed by atoms with Crippen molar-refractivity contribution in [2.45, 2.75) is 12.8 Å². The van der Waals surface area contributed by atoms with Crippen LogP contribution in [0.5, 0.6) is 0 Å². The summed E-state index contributed by atoms with van der Waals surface area (Å²) in [5.41, 5.74) is 5.37. The predicted molar refractivity (Wildman–Crippen MR) is 80.8 cm³/mol. The number of hydrogen-bond acceptors (Lipinski definition) is 8. The number of nitrogens with zero attached hydrogens (tertiary/aromatic N) is 2. The van der Waals surface area contributed by atoms with Crippen LogP contribution in [0.15, 0.2) is 4.79 Å². The molecule has 2 heterocycles. The molecule has 0 saturated carbocycles. The van der Waals surface area contributed by atoms with Gasteiger partial charge in [-0.1, -0.05) is 0 Å². The first-order valence-corrected chi connectivity index (χ1v) is 7.60. The van der Waals surface area contributed by atoms with E-state index in [0.29, 0.717) is 12.5 Å². The maximum atomic E-state index is 11.6. The number of nitrogen functional groups attached to an aromatic ring is 1. The van der Waals surface area contributed by atoms with Gasteiger partial charge in [0, 0.05) is 0 Å². The number of fused-ring (bicyclic) bond motifs is 1. The molecule has 1 aliphatic rings. The molecule has 1 unspecified atom stereocenters. The van der Waals surface area contributed by atoms with Crippen LogP contribution >= 0.6 is 7.60 Å². The molecular weight excluding hydrogens is 328 g/mol. The summed E-state index contributed by atoms with van der Waals surface area (Å²) in [6.07, 6.45) is 0. The third kappa shape index (κ3) is 4.67. The Morgan fingerprint density at radius 2 is 2.23 bits per heavy atom. The molecule has 0 spiro atoms. The third-order valence-corrected chi connectivity index (χ3v) is 3.87. The fourth-order valence-electron chi connectivity index (χ4n) is 1.61. The molecule has 0 bridgehead atoms. The summed E-state index contributed by atoms with van der Waals surface area (Å²) >= 11 is 0. The monoisotopic (exact) mass is 345 g/mol. The van der Waals surface area contributed by atoms with Crippen LogP contribution in [0, 0.1) is 0 Å². The Kier molecular flexibility index (Phi) is 6.84. The molecule has 1 atom stereocenters. The summed E-state index contributed by atoms with van der Waals surface area (Å²) in [6, 6.07) is 0. The standard InChI is InChI=1S/C9H16N5O6P.Na.H/c1-5(21(16,17)18)20-4-19-3-14-2-11-6-7(14)12-9(10)13-8(6)15;;/h5,11H,2-4H2,1H3,(H2,16,17,18)(H3,10,12,13,15);;. The van der Waals surface area contributed by atoms with Gasteiger partial charge in [0.25, 0.3) is 5.56 Å². The van der Waals surface area contributed by atoms with Crippen molar-refractivity contribution in [3.8, 4) is 0 Å². The molecule has 1 aliphatic heterocycles. The molecule has 120 valence electrons. The number of ether oxygens (including phenoxy) is 2. The van der Waals surface area contributed by atoms with Gasteiger partial charge in [0.1, 0.15) is 19.2 Å². The summed E-state index contributed by atoms with van der Waals surface area (Å²) in [5, 5.41) is 2.84. The second-order valence-corrected chi connectivity index (χ2v) is 6.24. The van der Waals surface area contributed by atoms with E-state index in [9.17, 15) is 9.36 Å². The van der Waals surface area contributed by atoms with E-state index < -0.39 is 13.4 Å². The van der Waals surface area contributed by atoms with E-state index in [1.807, 2.05) is 0 Å². The molecule has 2 rings (SSSR count). The van der Waals surface area contributed by atoms with Gasteiger partial charge >= 0.3 is 37.2 Å². The zero-order valence-electron chi connectivity index (χ0n) is 11.1. The van der Waals surface area contributed by atoms with Crippen LogP contribution in [0.4, 0.5) is 17.5 Å². The number of nitrogens with one attached hydrogen (secondary N) is 2. The Bertz CT molecular complexity index is 621. The molecule has 11 nitrogen and oxygen atoms in total. The maximum absolute atomic E-state index is 11.6. The van der Waals surface area contributed by atoms with Crippen molar-refractivity contribution in [3.63, 3.8) is 0 Å². The fraction of sp³-hybridized carbons (Fsp3) is 0.556. The Hall–Kier alpha value is -0.650. The first-order chi connectivity index (χ1) is 9.79. The van der Waals surface area contributed by atoms with Crippen molar-refractivity contribution < 1.29 is 23.8 Å². The van der Waals surface area contributed by atoms with Crippen LogP contribution in [-0.4, -0.2) is 75.3 Å². The van der Waals surface area contributed by atoms with E-state index in [1.165, 1.54) is 6.92 Å². The van der Waals surface area contributed by atoms with Crippen molar-refractivity contribution in [1.29, 1.82) is 0 Å². The molecule has 1 aromatic rings. The molecule has 0 fully saturated rings. The molecule has 6 N–H and O–H groups in total. The Balaban J connectivity index is 0.00000242. The second-order valence-electron chi connectivity index (χ2n) is 4.33. The molecule has 0 amide bonds. The Morgan fingerprint density at radius 1 is 1.55 bits per heavy atom. The van der Waals surface area contributed by atoms with E-state index >= 15 is 0 Å². The van der Waals surface area contributed by atoms with Crippen LogP contribution in [0.1, 0.15) is 6.92 Å². The predicted octanol–water partition coefficient (Wildman–Crippen LogP) is -1.64. The van der Waals surface area contributed by atoms with E-state index in [0.717, 1.165) is 0 Å². The molecule has 0 aromatic carbocycles. The zero-order chi connectivity index (χ0) is 15.6. The number of rotatable bonds is 6. The number of aromatic nitrogens is 2. The first kappa shape index (κ1) is 19.4. The normalized spacial score (nSPS) is 15.0. The number of anilines is 3. The summed E-state index contributed by atoms with van der Waals surface area (Å²) in [6.45, 7) is 1.25. The molecule has 0 aliphatic carbocycles. The number of aromatic amines is 1. The quantitative estimate of drug-likeness (QED) is 0.175. The molecule has 13 heteroatoms. The average molecular weight is 345 g/mol. The van der Waals surface area contributed by atoms with Crippen molar-refractivity contribution in [1.82, 2.24) is 9.97 Å².